The van der Waals surface area contributed by atoms with Gasteiger partial charge in [0.25, 0.3) is 5.91 Å². The average Bonchev–Trinajstić information content (AvgIpc) is 2.95. The van der Waals surface area contributed by atoms with E-state index in [1.165, 1.54) is 18.2 Å². The zero-order valence-electron chi connectivity index (χ0n) is 17.2. The zero-order chi connectivity index (χ0) is 22.1. The number of hydrogen-bond donors (Lipinski definition) is 1. The van der Waals surface area contributed by atoms with Crippen molar-refractivity contribution >= 4 is 11.8 Å². The quantitative estimate of drug-likeness (QED) is 0.684. The van der Waals surface area contributed by atoms with E-state index in [1.807, 2.05) is 48.5 Å². The van der Waals surface area contributed by atoms with Gasteiger partial charge in [-0.05, 0) is 30.3 Å². The molecule has 2 amide bonds. The average molecular weight is 432 g/mol. The maximum absolute atomic E-state index is 13.6. The fraction of sp³-hybridized carbons (Fsp3) is 0.200. The van der Waals surface area contributed by atoms with Gasteiger partial charge < -0.3 is 19.7 Å². The van der Waals surface area contributed by atoms with E-state index in [-0.39, 0.29) is 43.9 Å². The lowest BCUT2D eigenvalue weighted by molar-refractivity contribution is -0.133. The van der Waals surface area contributed by atoms with Crippen LogP contribution in [-0.4, -0.2) is 36.4 Å². The molecule has 0 aliphatic carbocycles. The van der Waals surface area contributed by atoms with E-state index in [0.29, 0.717) is 22.8 Å². The summed E-state index contributed by atoms with van der Waals surface area (Å²) >= 11 is 0. The molecule has 2 heterocycles. The van der Waals surface area contributed by atoms with Crippen LogP contribution < -0.4 is 14.8 Å². The van der Waals surface area contributed by atoms with Gasteiger partial charge >= 0.3 is 0 Å². The Kier molecular flexibility index (Phi) is 5.23. The van der Waals surface area contributed by atoms with Gasteiger partial charge in [0.05, 0.1) is 5.92 Å². The third kappa shape index (κ3) is 3.77. The van der Waals surface area contributed by atoms with Crippen molar-refractivity contribution in [3.63, 3.8) is 0 Å². The summed E-state index contributed by atoms with van der Waals surface area (Å²) in [6, 6.07) is 19.2. The second-order valence-electron chi connectivity index (χ2n) is 7.76. The summed E-state index contributed by atoms with van der Waals surface area (Å²) in [7, 11) is 0. The fourth-order valence-electron chi connectivity index (χ4n) is 4.15. The van der Waals surface area contributed by atoms with Crippen LogP contribution in [0, 0.1) is 5.82 Å². The Morgan fingerprint density at radius 3 is 2.41 bits per heavy atom. The first-order chi connectivity index (χ1) is 15.6. The predicted molar refractivity (Wildman–Crippen MR) is 115 cm³/mol. The van der Waals surface area contributed by atoms with Gasteiger partial charge in [-0.25, -0.2) is 4.39 Å². The van der Waals surface area contributed by atoms with Crippen LogP contribution in [0.5, 0.6) is 17.2 Å². The summed E-state index contributed by atoms with van der Waals surface area (Å²) in [6.45, 7) is 0.658. The number of rotatable bonds is 4. The number of nitrogens with one attached hydrogen (secondary N) is 1. The summed E-state index contributed by atoms with van der Waals surface area (Å²) in [5.74, 6) is 0.549. The van der Waals surface area contributed by atoms with Crippen molar-refractivity contribution in [2.75, 3.05) is 19.7 Å². The Balaban J connectivity index is 1.30. The number of carbonyl (C=O) groups excluding carboxylic acids is 2. The topological polar surface area (TPSA) is 67.9 Å². The molecule has 162 valence electrons. The van der Waals surface area contributed by atoms with Crippen LogP contribution in [0.15, 0.2) is 66.7 Å². The molecule has 2 aliphatic rings. The van der Waals surface area contributed by atoms with Crippen molar-refractivity contribution in [3.8, 4) is 17.2 Å². The minimum Gasteiger partial charge on any atom is -0.483 e. The summed E-state index contributed by atoms with van der Waals surface area (Å²) in [4.78, 5) is 27.2. The number of ether oxygens (including phenoxy) is 2. The number of hydrogen-bond acceptors (Lipinski definition) is 4. The van der Waals surface area contributed by atoms with Crippen LogP contribution in [-0.2, 0) is 16.1 Å². The van der Waals surface area contributed by atoms with Crippen molar-refractivity contribution in [2.24, 2.45) is 0 Å². The van der Waals surface area contributed by atoms with Crippen molar-refractivity contribution in [1.29, 1.82) is 0 Å². The number of amides is 2. The highest BCUT2D eigenvalue weighted by Crippen LogP contribution is 2.43. The molecular weight excluding hydrogens is 411 g/mol. The highest BCUT2D eigenvalue weighted by molar-refractivity contribution is 5.89. The van der Waals surface area contributed by atoms with Crippen molar-refractivity contribution < 1.29 is 23.5 Å². The lowest BCUT2D eigenvalue weighted by atomic mass is 9.87. The summed E-state index contributed by atoms with van der Waals surface area (Å²) in [6.07, 6.45) is 0. The zero-order valence-corrected chi connectivity index (χ0v) is 17.2. The van der Waals surface area contributed by atoms with Crippen molar-refractivity contribution in [2.45, 2.75) is 12.5 Å². The molecule has 2 aliphatic heterocycles. The Morgan fingerprint density at radius 2 is 1.69 bits per heavy atom. The molecule has 0 unspecified atom stereocenters. The molecule has 6 nitrogen and oxygen atoms in total. The van der Waals surface area contributed by atoms with Crippen LogP contribution in [0.2, 0.25) is 0 Å². The van der Waals surface area contributed by atoms with Gasteiger partial charge in [0.1, 0.15) is 23.1 Å². The minimum atomic E-state index is -0.505. The molecule has 1 N–H and O–H groups in total. The molecule has 32 heavy (non-hydrogen) atoms. The van der Waals surface area contributed by atoms with Crippen molar-refractivity contribution in [1.82, 2.24) is 10.2 Å². The Hall–Kier alpha value is -3.87. The first kappa shape index (κ1) is 20.1. The van der Waals surface area contributed by atoms with Gasteiger partial charge in [-0.3, -0.25) is 9.59 Å². The molecule has 0 saturated carbocycles. The monoisotopic (exact) mass is 432 g/mol. The molecule has 3 aromatic rings. The molecule has 0 bridgehead atoms. The molecule has 0 atom stereocenters. The first-order valence-electron chi connectivity index (χ1n) is 10.4. The van der Waals surface area contributed by atoms with E-state index < -0.39 is 5.92 Å². The number of para-hydroxylation sites is 2. The fourth-order valence-corrected chi connectivity index (χ4v) is 4.15. The number of fused-ring (bicyclic) bond motifs is 3. The Morgan fingerprint density at radius 1 is 1.00 bits per heavy atom. The number of nitrogens with zero attached hydrogens (tertiary/aromatic N) is 1. The predicted octanol–water partition coefficient (Wildman–Crippen LogP) is 3.60. The first-order valence-corrected chi connectivity index (χ1v) is 10.4. The molecule has 7 heteroatoms. The van der Waals surface area contributed by atoms with E-state index >= 15 is 0 Å². The van der Waals surface area contributed by atoms with E-state index in [4.69, 9.17) is 9.47 Å². The van der Waals surface area contributed by atoms with Crippen LogP contribution in [0.25, 0.3) is 0 Å². The summed E-state index contributed by atoms with van der Waals surface area (Å²) in [5.41, 5.74) is 2.20. The Bertz CT molecular complexity index is 1150. The summed E-state index contributed by atoms with van der Waals surface area (Å²) < 4.78 is 25.1. The second-order valence-corrected chi connectivity index (χ2v) is 7.76. The van der Waals surface area contributed by atoms with Gasteiger partial charge in [0.2, 0.25) is 5.91 Å². The third-order valence-corrected chi connectivity index (χ3v) is 5.71. The number of benzene rings is 3. The molecule has 0 radical (unpaired) electrons. The molecular formula is C25H21FN2O4. The van der Waals surface area contributed by atoms with Gasteiger partial charge in [-0.1, -0.05) is 36.4 Å². The lowest BCUT2D eigenvalue weighted by Crippen LogP contribution is -2.40. The van der Waals surface area contributed by atoms with E-state index in [1.54, 1.807) is 4.90 Å². The van der Waals surface area contributed by atoms with Gasteiger partial charge in [0.15, 0.2) is 6.61 Å². The molecule has 0 aromatic heterocycles. The SMILES string of the molecule is O=C(NCCN1Cc2cc(F)ccc2OCC1=O)C1c2ccccc2Oc2ccccc21. The lowest BCUT2D eigenvalue weighted by Gasteiger charge is -2.28. The van der Waals surface area contributed by atoms with Crippen LogP contribution in [0.4, 0.5) is 4.39 Å². The largest absolute Gasteiger partial charge is 0.483 e. The van der Waals surface area contributed by atoms with Gasteiger partial charge in [-0.15, -0.1) is 0 Å². The number of halogens is 1. The molecule has 3 aromatic carbocycles. The van der Waals surface area contributed by atoms with E-state index in [0.717, 1.165) is 11.1 Å². The molecule has 0 saturated heterocycles. The molecule has 0 spiro atoms. The Labute approximate surface area is 184 Å². The summed E-state index contributed by atoms with van der Waals surface area (Å²) in [5, 5.41) is 2.95. The normalized spacial score (nSPS) is 14.9. The van der Waals surface area contributed by atoms with Gasteiger partial charge in [0, 0.05) is 36.3 Å². The molecule has 5 rings (SSSR count). The highest BCUT2D eigenvalue weighted by Gasteiger charge is 2.32. The number of carbonyl (C=O) groups is 2. The molecule has 0 fully saturated rings. The second kappa shape index (κ2) is 8.34. The van der Waals surface area contributed by atoms with E-state index in [9.17, 15) is 14.0 Å². The standard InChI is InChI=1S/C25H21FN2O4/c26-17-9-10-20-16(13-17)14-28(23(29)15-31-20)12-11-27-25(30)24-18-5-1-3-7-21(18)32-22-8-4-2-6-19(22)24/h1-10,13,24H,11-12,14-15H2,(H,27,30). The smallest absolute Gasteiger partial charge is 0.260 e. The van der Waals surface area contributed by atoms with Crippen LogP contribution in [0.3, 0.4) is 0 Å². The third-order valence-electron chi connectivity index (χ3n) is 5.71. The minimum absolute atomic E-state index is 0.118. The van der Waals surface area contributed by atoms with Crippen LogP contribution >= 0.6 is 0 Å². The maximum Gasteiger partial charge on any atom is 0.260 e. The van der Waals surface area contributed by atoms with E-state index in [2.05, 4.69) is 5.32 Å². The van der Waals surface area contributed by atoms with Crippen molar-refractivity contribution in [3.05, 3.63) is 89.2 Å². The van der Waals surface area contributed by atoms with Gasteiger partial charge in [-0.2, -0.15) is 0 Å². The van der Waals surface area contributed by atoms with Crippen LogP contribution in [0.1, 0.15) is 22.6 Å². The maximum atomic E-state index is 13.6. The highest BCUT2D eigenvalue weighted by atomic mass is 19.1.